The van der Waals surface area contributed by atoms with Crippen LogP contribution in [0.3, 0.4) is 0 Å². The van der Waals surface area contributed by atoms with Gasteiger partial charge in [-0.2, -0.15) is 0 Å². The van der Waals surface area contributed by atoms with Gasteiger partial charge in [0.25, 0.3) is 0 Å². The lowest BCUT2D eigenvalue weighted by Crippen LogP contribution is -2.12. The van der Waals surface area contributed by atoms with E-state index in [-0.39, 0.29) is 11.3 Å². The summed E-state index contributed by atoms with van der Waals surface area (Å²) in [5.41, 5.74) is -0.533. The summed E-state index contributed by atoms with van der Waals surface area (Å²) in [6, 6.07) is 2.63. The summed E-state index contributed by atoms with van der Waals surface area (Å²) in [5, 5.41) is 10.9. The third-order valence-electron chi connectivity index (χ3n) is 1.82. The molecule has 0 radical (unpaired) electrons. The molecule has 0 fully saturated rings. The molecule has 0 aromatic heterocycles. The Morgan fingerprint density at radius 3 is 2.35 bits per heavy atom. The fourth-order valence-electron chi connectivity index (χ4n) is 1.16. The highest BCUT2D eigenvalue weighted by molar-refractivity contribution is 7.85. The SMILES string of the molecule is CC(=O)Nc1cc(S(=O)(=O)[O-])ccc1C(=O)O. The highest BCUT2D eigenvalue weighted by atomic mass is 32.2. The Morgan fingerprint density at radius 2 is 1.94 bits per heavy atom. The first-order valence-electron chi connectivity index (χ1n) is 4.32. The first-order chi connectivity index (χ1) is 7.71. The van der Waals surface area contributed by atoms with Crippen LogP contribution in [0.2, 0.25) is 0 Å². The molecule has 1 aromatic carbocycles. The lowest BCUT2D eigenvalue weighted by Gasteiger charge is -2.11. The van der Waals surface area contributed by atoms with Gasteiger partial charge < -0.3 is 15.0 Å². The van der Waals surface area contributed by atoms with Gasteiger partial charge in [-0.15, -0.1) is 0 Å². The van der Waals surface area contributed by atoms with Gasteiger partial charge in [0.2, 0.25) is 5.91 Å². The van der Waals surface area contributed by atoms with Crippen molar-refractivity contribution in [1.29, 1.82) is 0 Å². The number of nitrogens with one attached hydrogen (secondary N) is 1. The van der Waals surface area contributed by atoms with Gasteiger partial charge in [0, 0.05) is 6.92 Å². The van der Waals surface area contributed by atoms with Crippen LogP contribution in [0.1, 0.15) is 17.3 Å². The van der Waals surface area contributed by atoms with Crippen LogP contribution in [0.4, 0.5) is 5.69 Å². The van der Waals surface area contributed by atoms with Crippen LogP contribution in [0.15, 0.2) is 23.1 Å². The summed E-state index contributed by atoms with van der Waals surface area (Å²) >= 11 is 0. The number of amides is 1. The van der Waals surface area contributed by atoms with E-state index in [1.165, 1.54) is 0 Å². The molecule has 17 heavy (non-hydrogen) atoms. The molecule has 7 nitrogen and oxygen atoms in total. The van der Waals surface area contributed by atoms with Crippen molar-refractivity contribution >= 4 is 27.7 Å². The van der Waals surface area contributed by atoms with Gasteiger partial charge in [-0.1, -0.05) is 0 Å². The number of carbonyl (C=O) groups is 2. The average molecular weight is 258 g/mol. The number of anilines is 1. The second-order valence-corrected chi connectivity index (χ2v) is 4.53. The van der Waals surface area contributed by atoms with Crippen molar-refractivity contribution in [3.63, 3.8) is 0 Å². The minimum Gasteiger partial charge on any atom is -0.744 e. The zero-order valence-electron chi connectivity index (χ0n) is 8.63. The molecule has 0 aliphatic heterocycles. The molecule has 2 N–H and O–H groups in total. The van der Waals surface area contributed by atoms with Crippen molar-refractivity contribution in [3.05, 3.63) is 23.8 Å². The van der Waals surface area contributed by atoms with E-state index in [2.05, 4.69) is 5.32 Å². The highest BCUT2D eigenvalue weighted by Crippen LogP contribution is 2.20. The molecule has 0 aliphatic rings. The lowest BCUT2D eigenvalue weighted by atomic mass is 10.2. The van der Waals surface area contributed by atoms with Crippen molar-refractivity contribution in [2.75, 3.05) is 5.32 Å². The molecule has 0 heterocycles. The zero-order valence-corrected chi connectivity index (χ0v) is 9.45. The van der Waals surface area contributed by atoms with E-state index >= 15 is 0 Å². The summed E-state index contributed by atoms with van der Waals surface area (Å²) < 4.78 is 32.2. The average Bonchev–Trinajstić information content (AvgIpc) is 2.14. The summed E-state index contributed by atoms with van der Waals surface area (Å²) in [6.07, 6.45) is 0. The topological polar surface area (TPSA) is 124 Å². The summed E-state index contributed by atoms with van der Waals surface area (Å²) in [6.45, 7) is 1.13. The van der Waals surface area contributed by atoms with Gasteiger partial charge in [0.1, 0.15) is 10.1 Å². The van der Waals surface area contributed by atoms with Gasteiger partial charge in [-0.3, -0.25) is 4.79 Å². The molecule has 0 atom stereocenters. The van der Waals surface area contributed by atoms with Crippen LogP contribution in [0.25, 0.3) is 0 Å². The van der Waals surface area contributed by atoms with Crippen molar-refractivity contribution in [3.8, 4) is 0 Å². The smallest absolute Gasteiger partial charge is 0.337 e. The number of hydrogen-bond acceptors (Lipinski definition) is 5. The van der Waals surface area contributed by atoms with Crippen molar-refractivity contribution in [1.82, 2.24) is 0 Å². The standard InChI is InChI=1S/C9H9NO6S/c1-5(11)10-8-4-6(17(14,15)16)2-3-7(8)9(12)13/h2-4H,1H3,(H,10,11)(H,12,13)(H,14,15,16)/p-1. The maximum atomic E-state index is 10.8. The first kappa shape index (κ1) is 13.1. The lowest BCUT2D eigenvalue weighted by molar-refractivity contribution is -0.114. The summed E-state index contributed by atoms with van der Waals surface area (Å²) in [7, 11) is -4.70. The molecule has 1 aromatic rings. The number of carboxylic acid groups (broad SMARTS) is 1. The van der Waals surface area contributed by atoms with E-state index in [9.17, 15) is 22.6 Å². The molecule has 1 rings (SSSR count). The Bertz CT molecular complexity index is 577. The number of aromatic carboxylic acids is 1. The Morgan fingerprint density at radius 1 is 1.35 bits per heavy atom. The predicted molar refractivity (Wildman–Crippen MR) is 55.7 cm³/mol. The van der Waals surface area contributed by atoms with E-state index in [0.29, 0.717) is 0 Å². The normalized spacial score (nSPS) is 10.9. The fraction of sp³-hybridized carbons (Fsp3) is 0.111. The van der Waals surface area contributed by atoms with E-state index in [4.69, 9.17) is 5.11 Å². The van der Waals surface area contributed by atoms with Gasteiger partial charge in [-0.05, 0) is 18.2 Å². The summed E-state index contributed by atoms with van der Waals surface area (Å²) in [5.74, 6) is -1.92. The molecule has 0 saturated carbocycles. The Labute approximate surface area is 96.8 Å². The number of carbonyl (C=O) groups excluding carboxylic acids is 1. The highest BCUT2D eigenvalue weighted by Gasteiger charge is 2.13. The number of carboxylic acids is 1. The Kier molecular flexibility index (Phi) is 3.49. The van der Waals surface area contributed by atoms with E-state index in [1.54, 1.807) is 0 Å². The number of benzene rings is 1. The van der Waals surface area contributed by atoms with Crippen molar-refractivity contribution in [2.45, 2.75) is 11.8 Å². The van der Waals surface area contributed by atoms with Crippen LogP contribution < -0.4 is 5.32 Å². The quantitative estimate of drug-likeness (QED) is 0.749. The second kappa shape index (κ2) is 4.52. The minimum absolute atomic E-state index is 0.234. The largest absolute Gasteiger partial charge is 0.744 e. The first-order valence-corrected chi connectivity index (χ1v) is 5.73. The molecular weight excluding hydrogens is 250 g/mol. The van der Waals surface area contributed by atoms with Gasteiger partial charge >= 0.3 is 5.97 Å². The third-order valence-corrected chi connectivity index (χ3v) is 2.65. The van der Waals surface area contributed by atoms with Crippen LogP contribution in [-0.2, 0) is 14.9 Å². The molecule has 1 amide bonds. The zero-order chi connectivity index (χ0) is 13.2. The summed E-state index contributed by atoms with van der Waals surface area (Å²) in [4.78, 5) is 21.0. The van der Waals surface area contributed by atoms with E-state index in [0.717, 1.165) is 25.1 Å². The van der Waals surface area contributed by atoms with E-state index < -0.39 is 26.9 Å². The number of rotatable bonds is 3. The Balaban J connectivity index is 3.39. The van der Waals surface area contributed by atoms with Crippen LogP contribution in [0, 0.1) is 0 Å². The van der Waals surface area contributed by atoms with Gasteiger partial charge in [-0.25, -0.2) is 13.2 Å². The van der Waals surface area contributed by atoms with Crippen LogP contribution >= 0.6 is 0 Å². The monoisotopic (exact) mass is 258 g/mol. The van der Waals surface area contributed by atoms with Crippen molar-refractivity contribution < 1.29 is 27.7 Å². The number of hydrogen-bond donors (Lipinski definition) is 2. The molecule has 0 spiro atoms. The second-order valence-electron chi connectivity index (χ2n) is 3.15. The van der Waals surface area contributed by atoms with Crippen LogP contribution in [-0.4, -0.2) is 30.0 Å². The molecule has 0 bridgehead atoms. The maximum Gasteiger partial charge on any atom is 0.337 e. The molecule has 0 saturated heterocycles. The molecule has 92 valence electrons. The van der Waals surface area contributed by atoms with E-state index in [1.807, 2.05) is 0 Å². The maximum absolute atomic E-state index is 10.8. The molecule has 8 heteroatoms. The Hall–Kier alpha value is -1.93. The predicted octanol–water partition coefficient (Wildman–Crippen LogP) is 0.247. The third kappa shape index (κ3) is 3.26. The van der Waals surface area contributed by atoms with Gasteiger partial charge in [0.05, 0.1) is 16.1 Å². The molecular formula is C9H8NO6S-. The van der Waals surface area contributed by atoms with Gasteiger partial charge in [0.15, 0.2) is 0 Å². The van der Waals surface area contributed by atoms with Crippen LogP contribution in [0.5, 0.6) is 0 Å². The molecule has 0 aliphatic carbocycles. The fourth-order valence-corrected chi connectivity index (χ4v) is 1.66. The molecule has 0 unspecified atom stereocenters. The minimum atomic E-state index is -4.70. The van der Waals surface area contributed by atoms with Crippen molar-refractivity contribution in [2.24, 2.45) is 0 Å².